The molecule has 1 aliphatic carbocycles. The molecule has 0 aromatic carbocycles. The first-order chi connectivity index (χ1) is 12.2. The van der Waals surface area contributed by atoms with Crippen molar-refractivity contribution < 1.29 is 13.9 Å². The van der Waals surface area contributed by atoms with Gasteiger partial charge in [-0.25, -0.2) is 0 Å². The number of H-pyrrole nitrogens is 1. The number of ether oxygens (including phenoxy) is 1. The summed E-state index contributed by atoms with van der Waals surface area (Å²) in [5, 5.41) is 10.1. The zero-order valence-corrected chi connectivity index (χ0v) is 14.5. The van der Waals surface area contributed by atoms with Crippen molar-refractivity contribution in [3.8, 4) is 0 Å². The van der Waals surface area contributed by atoms with Gasteiger partial charge in [0.15, 0.2) is 0 Å². The third-order valence-corrected chi connectivity index (χ3v) is 4.88. The molecule has 7 heteroatoms. The second-order valence-electron chi connectivity index (χ2n) is 6.81. The van der Waals surface area contributed by atoms with E-state index in [1.165, 1.54) is 12.8 Å². The van der Waals surface area contributed by atoms with Crippen LogP contribution in [0.1, 0.15) is 52.5 Å². The van der Waals surface area contributed by atoms with Crippen molar-refractivity contribution in [3.63, 3.8) is 0 Å². The van der Waals surface area contributed by atoms with Gasteiger partial charge in [-0.1, -0.05) is 0 Å². The first-order valence-electron chi connectivity index (χ1n) is 8.92. The standard InChI is InChI=1S/C18H24N4O3/c1-12-2-5-17(25-12)16(22-6-8-24-9-7-22)11-19-18(23)15-10-14(20-21-15)13-3-4-13/h2,5,10,13,16H,3-4,6-9,11H2,1H3,(H,19,23)(H,20,21). The molecule has 134 valence electrons. The highest BCUT2D eigenvalue weighted by molar-refractivity contribution is 5.92. The summed E-state index contributed by atoms with van der Waals surface area (Å²) >= 11 is 0. The van der Waals surface area contributed by atoms with E-state index in [0.717, 1.165) is 30.3 Å². The summed E-state index contributed by atoms with van der Waals surface area (Å²) in [5.74, 6) is 2.16. The summed E-state index contributed by atoms with van der Waals surface area (Å²) in [6.45, 7) is 5.48. The van der Waals surface area contributed by atoms with Crippen molar-refractivity contribution in [2.24, 2.45) is 0 Å². The molecule has 1 amide bonds. The van der Waals surface area contributed by atoms with Gasteiger partial charge in [-0.05, 0) is 38.0 Å². The average Bonchev–Trinajstić information content (AvgIpc) is 3.20. The van der Waals surface area contributed by atoms with Crippen LogP contribution in [0.5, 0.6) is 0 Å². The lowest BCUT2D eigenvalue weighted by molar-refractivity contribution is 0.0117. The Kier molecular flexibility index (Phi) is 4.59. The number of amides is 1. The van der Waals surface area contributed by atoms with Gasteiger partial charge in [0.05, 0.1) is 19.3 Å². The van der Waals surface area contributed by atoms with E-state index < -0.39 is 0 Å². The molecule has 1 unspecified atom stereocenters. The van der Waals surface area contributed by atoms with Crippen LogP contribution in [-0.4, -0.2) is 53.9 Å². The maximum Gasteiger partial charge on any atom is 0.271 e. The van der Waals surface area contributed by atoms with E-state index in [1.807, 2.05) is 25.1 Å². The number of hydrogen-bond acceptors (Lipinski definition) is 5. The minimum Gasteiger partial charge on any atom is -0.465 e. The Morgan fingerprint density at radius 3 is 2.88 bits per heavy atom. The number of carbonyl (C=O) groups is 1. The lowest BCUT2D eigenvalue weighted by Gasteiger charge is -2.33. The number of aromatic nitrogens is 2. The van der Waals surface area contributed by atoms with Crippen molar-refractivity contribution in [1.29, 1.82) is 0 Å². The quantitative estimate of drug-likeness (QED) is 0.837. The molecule has 4 rings (SSSR count). The van der Waals surface area contributed by atoms with Crippen LogP contribution in [0.4, 0.5) is 0 Å². The van der Waals surface area contributed by atoms with Crippen molar-refractivity contribution in [1.82, 2.24) is 20.4 Å². The fourth-order valence-electron chi connectivity index (χ4n) is 3.27. The number of nitrogens with one attached hydrogen (secondary N) is 2. The molecule has 2 N–H and O–H groups in total. The Morgan fingerprint density at radius 1 is 1.40 bits per heavy atom. The van der Waals surface area contributed by atoms with E-state index in [4.69, 9.17) is 9.15 Å². The van der Waals surface area contributed by atoms with Gasteiger partial charge < -0.3 is 14.5 Å². The fraction of sp³-hybridized carbons (Fsp3) is 0.556. The molecular weight excluding hydrogens is 320 g/mol. The number of furan rings is 1. The van der Waals surface area contributed by atoms with E-state index in [9.17, 15) is 4.79 Å². The number of aromatic amines is 1. The molecular formula is C18H24N4O3. The van der Waals surface area contributed by atoms with Gasteiger partial charge in [0, 0.05) is 31.2 Å². The molecule has 2 fully saturated rings. The van der Waals surface area contributed by atoms with Crippen molar-refractivity contribution in [2.75, 3.05) is 32.8 Å². The second kappa shape index (κ2) is 7.01. The number of hydrogen-bond donors (Lipinski definition) is 2. The van der Waals surface area contributed by atoms with Crippen molar-refractivity contribution in [2.45, 2.75) is 31.7 Å². The summed E-state index contributed by atoms with van der Waals surface area (Å²) in [7, 11) is 0. The topological polar surface area (TPSA) is 83.4 Å². The Bertz CT molecular complexity index is 728. The van der Waals surface area contributed by atoms with Gasteiger partial charge in [-0.3, -0.25) is 14.8 Å². The van der Waals surface area contributed by atoms with Crippen molar-refractivity contribution >= 4 is 5.91 Å². The molecule has 3 heterocycles. The largest absolute Gasteiger partial charge is 0.465 e. The molecule has 1 saturated carbocycles. The number of rotatable bonds is 6. The highest BCUT2D eigenvalue weighted by Crippen LogP contribution is 2.39. The van der Waals surface area contributed by atoms with Gasteiger partial charge in [0.2, 0.25) is 0 Å². The van der Waals surface area contributed by atoms with Crippen LogP contribution in [0.15, 0.2) is 22.6 Å². The normalized spacial score (nSPS) is 19.7. The monoisotopic (exact) mass is 344 g/mol. The van der Waals surface area contributed by atoms with Gasteiger partial charge >= 0.3 is 0 Å². The fourth-order valence-corrected chi connectivity index (χ4v) is 3.27. The predicted octanol–water partition coefficient (Wildman–Crippen LogP) is 1.99. The van der Waals surface area contributed by atoms with Crippen LogP contribution in [-0.2, 0) is 4.74 Å². The van der Waals surface area contributed by atoms with Crippen LogP contribution in [0.3, 0.4) is 0 Å². The van der Waals surface area contributed by atoms with Gasteiger partial charge in [0.25, 0.3) is 5.91 Å². The Balaban J connectivity index is 1.43. The summed E-state index contributed by atoms with van der Waals surface area (Å²) < 4.78 is 11.3. The summed E-state index contributed by atoms with van der Waals surface area (Å²) in [5.41, 5.74) is 1.52. The SMILES string of the molecule is Cc1ccc(C(CNC(=O)c2cc(C3CC3)[nH]n2)N2CCOCC2)o1. The third kappa shape index (κ3) is 3.77. The molecule has 2 aromatic rings. The van der Waals surface area contributed by atoms with Crippen LogP contribution in [0.2, 0.25) is 0 Å². The van der Waals surface area contributed by atoms with E-state index in [0.29, 0.717) is 31.4 Å². The van der Waals surface area contributed by atoms with Crippen LogP contribution in [0.25, 0.3) is 0 Å². The predicted molar refractivity (Wildman–Crippen MR) is 91.5 cm³/mol. The first-order valence-corrected chi connectivity index (χ1v) is 8.92. The van der Waals surface area contributed by atoms with E-state index in [2.05, 4.69) is 20.4 Å². The third-order valence-electron chi connectivity index (χ3n) is 4.88. The molecule has 25 heavy (non-hydrogen) atoms. The summed E-state index contributed by atoms with van der Waals surface area (Å²) in [4.78, 5) is 14.8. The van der Waals surface area contributed by atoms with E-state index >= 15 is 0 Å². The van der Waals surface area contributed by atoms with Gasteiger partial charge in [0.1, 0.15) is 17.2 Å². The first kappa shape index (κ1) is 16.4. The van der Waals surface area contributed by atoms with Crippen LogP contribution >= 0.6 is 0 Å². The zero-order chi connectivity index (χ0) is 17.2. The Labute approximate surface area is 146 Å². The molecule has 1 atom stereocenters. The Morgan fingerprint density at radius 2 is 2.20 bits per heavy atom. The molecule has 0 radical (unpaired) electrons. The molecule has 2 aliphatic rings. The Hall–Kier alpha value is -2.12. The van der Waals surface area contributed by atoms with Crippen LogP contribution < -0.4 is 5.32 Å². The van der Waals surface area contributed by atoms with E-state index in [1.54, 1.807) is 0 Å². The number of nitrogens with zero attached hydrogens (tertiary/aromatic N) is 2. The summed E-state index contributed by atoms with van der Waals surface area (Å²) in [6.07, 6.45) is 2.36. The molecule has 0 bridgehead atoms. The lowest BCUT2D eigenvalue weighted by atomic mass is 10.1. The number of carbonyl (C=O) groups excluding carboxylic acids is 1. The molecule has 7 nitrogen and oxygen atoms in total. The summed E-state index contributed by atoms with van der Waals surface area (Å²) in [6, 6.07) is 5.82. The highest BCUT2D eigenvalue weighted by atomic mass is 16.5. The molecule has 1 saturated heterocycles. The maximum atomic E-state index is 12.5. The zero-order valence-electron chi connectivity index (χ0n) is 14.5. The average molecular weight is 344 g/mol. The number of aryl methyl sites for hydroxylation is 1. The van der Waals surface area contributed by atoms with Crippen LogP contribution in [0, 0.1) is 6.92 Å². The highest BCUT2D eigenvalue weighted by Gasteiger charge is 2.28. The minimum atomic E-state index is -0.148. The molecule has 1 aliphatic heterocycles. The molecule has 0 spiro atoms. The van der Waals surface area contributed by atoms with E-state index in [-0.39, 0.29) is 11.9 Å². The van der Waals surface area contributed by atoms with Gasteiger partial charge in [-0.15, -0.1) is 0 Å². The second-order valence-corrected chi connectivity index (χ2v) is 6.81. The minimum absolute atomic E-state index is 0.00314. The smallest absolute Gasteiger partial charge is 0.271 e. The van der Waals surface area contributed by atoms with Gasteiger partial charge in [-0.2, -0.15) is 5.10 Å². The van der Waals surface area contributed by atoms with Crippen molar-refractivity contribution in [3.05, 3.63) is 41.1 Å². The molecule has 2 aromatic heterocycles. The maximum absolute atomic E-state index is 12.5. The number of morpholine rings is 1. The lowest BCUT2D eigenvalue weighted by Crippen LogP contribution is -2.43.